The lowest BCUT2D eigenvalue weighted by molar-refractivity contribution is -0.111. The van der Waals surface area contributed by atoms with Crippen molar-refractivity contribution in [3.05, 3.63) is 67.1 Å². The second-order valence-corrected chi connectivity index (χ2v) is 10.1. The van der Waals surface area contributed by atoms with Crippen LogP contribution in [0.25, 0.3) is 22.6 Å². The number of amides is 1. The zero-order valence-electron chi connectivity index (χ0n) is 23.7. The van der Waals surface area contributed by atoms with Crippen LogP contribution in [0.15, 0.2) is 66.5 Å². The number of imidazole rings is 1. The quantitative estimate of drug-likeness (QED) is 0.153. The van der Waals surface area contributed by atoms with Crippen LogP contribution >= 0.6 is 11.8 Å². The molecule has 41 heavy (non-hydrogen) atoms. The lowest BCUT2D eigenvalue weighted by atomic mass is 10.1. The SMILES string of the molecule is C=CC(=O)Nc1cc(Nc2nccc(-c3[nH]c(SC)nc3-c3ccc(F)cc3)n2)c(OC)cc1N(C)CCN(C)C. The highest BCUT2D eigenvalue weighted by molar-refractivity contribution is 7.98. The Morgan fingerprint density at radius 1 is 1.12 bits per heavy atom. The van der Waals surface area contributed by atoms with Gasteiger partial charge in [-0.2, -0.15) is 0 Å². The summed E-state index contributed by atoms with van der Waals surface area (Å²) < 4.78 is 19.3. The molecular formula is C29H33FN8O2S. The molecule has 1 amide bonds. The third-order valence-electron chi connectivity index (χ3n) is 6.21. The molecule has 2 heterocycles. The largest absolute Gasteiger partial charge is 0.494 e. The summed E-state index contributed by atoms with van der Waals surface area (Å²) >= 11 is 1.46. The van der Waals surface area contributed by atoms with Crippen molar-refractivity contribution in [2.75, 3.05) is 63.1 Å². The number of rotatable bonds is 12. The average molecular weight is 577 g/mol. The highest BCUT2D eigenvalue weighted by Gasteiger charge is 2.19. The number of aromatic nitrogens is 4. The average Bonchev–Trinajstić information content (AvgIpc) is 3.41. The first-order valence-corrected chi connectivity index (χ1v) is 14.0. The van der Waals surface area contributed by atoms with Gasteiger partial charge in [0.05, 0.1) is 41.3 Å². The molecule has 0 saturated heterocycles. The zero-order valence-corrected chi connectivity index (χ0v) is 24.5. The number of anilines is 4. The molecule has 12 heteroatoms. The smallest absolute Gasteiger partial charge is 0.247 e. The van der Waals surface area contributed by atoms with E-state index in [1.54, 1.807) is 37.6 Å². The van der Waals surface area contributed by atoms with E-state index in [1.165, 1.54) is 30.0 Å². The van der Waals surface area contributed by atoms with Crippen molar-refractivity contribution < 1.29 is 13.9 Å². The second-order valence-electron chi connectivity index (χ2n) is 9.35. The van der Waals surface area contributed by atoms with Crippen LogP contribution in [0, 0.1) is 5.82 Å². The molecule has 0 radical (unpaired) electrons. The Balaban J connectivity index is 1.71. The molecule has 0 atom stereocenters. The second kappa shape index (κ2) is 13.3. The maximum atomic E-state index is 13.6. The van der Waals surface area contributed by atoms with E-state index in [0.29, 0.717) is 45.3 Å². The summed E-state index contributed by atoms with van der Waals surface area (Å²) in [6.45, 7) is 5.12. The molecule has 3 N–H and O–H groups in total. The standard InChI is InChI=1S/C29H33FN8O2S/c1-7-25(39)32-21-16-22(24(40-5)17-23(21)38(4)15-14-37(2)3)34-28-31-13-12-20(33-28)27-26(35-29(36-27)41-6)18-8-10-19(30)11-9-18/h7-13,16-17H,1,14-15H2,2-6H3,(H,32,39)(H,35,36)(H,31,33,34). The summed E-state index contributed by atoms with van der Waals surface area (Å²) in [5, 5.41) is 6.82. The van der Waals surface area contributed by atoms with E-state index in [4.69, 9.17) is 9.72 Å². The topological polar surface area (TPSA) is 111 Å². The molecule has 0 saturated carbocycles. The van der Waals surface area contributed by atoms with Crippen LogP contribution in [0.4, 0.5) is 27.4 Å². The molecule has 4 aromatic rings. The number of aromatic amines is 1. The Morgan fingerprint density at radius 2 is 1.88 bits per heavy atom. The summed E-state index contributed by atoms with van der Waals surface area (Å²) in [6, 6.07) is 11.6. The van der Waals surface area contributed by atoms with Crippen molar-refractivity contribution in [3.8, 4) is 28.4 Å². The van der Waals surface area contributed by atoms with Gasteiger partial charge in [0.25, 0.3) is 0 Å². The van der Waals surface area contributed by atoms with Crippen molar-refractivity contribution >= 4 is 40.7 Å². The van der Waals surface area contributed by atoms with Gasteiger partial charge in [0.1, 0.15) is 11.6 Å². The summed E-state index contributed by atoms with van der Waals surface area (Å²) in [7, 11) is 7.54. The minimum atomic E-state index is -0.334. The number of H-pyrrole nitrogens is 1. The summed E-state index contributed by atoms with van der Waals surface area (Å²) in [5.74, 6) is 0.192. The molecule has 10 nitrogen and oxygen atoms in total. The summed E-state index contributed by atoms with van der Waals surface area (Å²) in [5.41, 5.74) is 4.59. The number of carbonyl (C=O) groups is 1. The van der Waals surface area contributed by atoms with E-state index in [0.717, 1.165) is 24.3 Å². The molecule has 0 aliphatic rings. The van der Waals surface area contributed by atoms with E-state index in [2.05, 4.69) is 37.1 Å². The first kappa shape index (κ1) is 29.6. The first-order valence-electron chi connectivity index (χ1n) is 12.7. The fourth-order valence-electron chi connectivity index (χ4n) is 4.03. The Hall–Kier alpha value is -4.42. The van der Waals surface area contributed by atoms with Crippen molar-refractivity contribution in [2.24, 2.45) is 0 Å². The van der Waals surface area contributed by atoms with Crippen molar-refractivity contribution in [2.45, 2.75) is 5.16 Å². The van der Waals surface area contributed by atoms with Gasteiger partial charge in [0.2, 0.25) is 11.9 Å². The molecular weight excluding hydrogens is 543 g/mol. The number of methoxy groups -OCH3 is 1. The number of hydrogen-bond acceptors (Lipinski definition) is 9. The Kier molecular flexibility index (Phi) is 9.58. The molecule has 2 aromatic carbocycles. The van der Waals surface area contributed by atoms with Crippen LogP contribution in [-0.2, 0) is 4.79 Å². The molecule has 2 aromatic heterocycles. The number of carbonyl (C=O) groups excluding carboxylic acids is 1. The number of benzene rings is 2. The van der Waals surface area contributed by atoms with Gasteiger partial charge in [0.15, 0.2) is 5.16 Å². The summed E-state index contributed by atoms with van der Waals surface area (Å²) in [4.78, 5) is 33.5. The van der Waals surface area contributed by atoms with E-state index in [9.17, 15) is 9.18 Å². The first-order chi connectivity index (χ1) is 19.7. The van der Waals surface area contributed by atoms with Crippen LogP contribution in [0.5, 0.6) is 5.75 Å². The molecule has 0 bridgehead atoms. The monoisotopic (exact) mass is 576 g/mol. The van der Waals surface area contributed by atoms with Gasteiger partial charge in [-0.15, -0.1) is 0 Å². The van der Waals surface area contributed by atoms with Gasteiger partial charge in [-0.3, -0.25) is 4.79 Å². The highest BCUT2D eigenvalue weighted by atomic mass is 32.2. The molecule has 0 fully saturated rings. The zero-order chi connectivity index (χ0) is 29.5. The number of thioether (sulfide) groups is 1. The van der Waals surface area contributed by atoms with E-state index in [1.807, 2.05) is 38.4 Å². The highest BCUT2D eigenvalue weighted by Crippen LogP contribution is 2.38. The maximum absolute atomic E-state index is 13.6. The Labute approximate surface area is 243 Å². The van der Waals surface area contributed by atoms with E-state index >= 15 is 0 Å². The number of likely N-dealkylation sites (N-methyl/N-ethyl adjacent to an activating group) is 2. The van der Waals surface area contributed by atoms with Gasteiger partial charge in [-0.25, -0.2) is 19.3 Å². The van der Waals surface area contributed by atoms with Gasteiger partial charge >= 0.3 is 0 Å². The molecule has 4 rings (SSSR count). The third-order valence-corrected chi connectivity index (χ3v) is 6.79. The molecule has 0 aliphatic heterocycles. The molecule has 0 unspecified atom stereocenters. The lowest BCUT2D eigenvalue weighted by Crippen LogP contribution is -2.29. The predicted molar refractivity (Wildman–Crippen MR) is 164 cm³/mol. The number of halogens is 1. The maximum Gasteiger partial charge on any atom is 0.247 e. The lowest BCUT2D eigenvalue weighted by Gasteiger charge is -2.26. The fraction of sp³-hybridized carbons (Fsp3) is 0.241. The van der Waals surface area contributed by atoms with Gasteiger partial charge < -0.3 is 30.2 Å². The van der Waals surface area contributed by atoms with Gasteiger partial charge in [0, 0.05) is 38.0 Å². The molecule has 0 spiro atoms. The van der Waals surface area contributed by atoms with Crippen LogP contribution < -0.4 is 20.3 Å². The number of nitrogens with one attached hydrogen (secondary N) is 3. The number of hydrogen-bond donors (Lipinski definition) is 3. The Morgan fingerprint density at radius 3 is 2.54 bits per heavy atom. The van der Waals surface area contributed by atoms with Crippen LogP contribution in [0.3, 0.4) is 0 Å². The van der Waals surface area contributed by atoms with Crippen LogP contribution in [0.2, 0.25) is 0 Å². The summed E-state index contributed by atoms with van der Waals surface area (Å²) in [6.07, 6.45) is 4.77. The fourth-order valence-corrected chi connectivity index (χ4v) is 4.42. The van der Waals surface area contributed by atoms with Crippen molar-refractivity contribution in [1.82, 2.24) is 24.8 Å². The van der Waals surface area contributed by atoms with Gasteiger partial charge in [-0.05, 0) is 62.8 Å². The minimum absolute atomic E-state index is 0.306. The van der Waals surface area contributed by atoms with E-state index in [-0.39, 0.29) is 11.7 Å². The minimum Gasteiger partial charge on any atom is -0.494 e. The number of nitrogens with zero attached hydrogens (tertiary/aromatic N) is 5. The number of ether oxygens (including phenoxy) is 1. The molecule has 0 aliphatic carbocycles. The molecule has 214 valence electrons. The van der Waals surface area contributed by atoms with Crippen LogP contribution in [-0.4, -0.2) is 78.3 Å². The normalized spacial score (nSPS) is 10.9. The van der Waals surface area contributed by atoms with Crippen LogP contribution in [0.1, 0.15) is 0 Å². The predicted octanol–water partition coefficient (Wildman–Crippen LogP) is 5.27. The van der Waals surface area contributed by atoms with Gasteiger partial charge in [-0.1, -0.05) is 18.3 Å². The third kappa shape index (κ3) is 7.21. The van der Waals surface area contributed by atoms with E-state index < -0.39 is 0 Å². The van der Waals surface area contributed by atoms with Crippen molar-refractivity contribution in [1.29, 1.82) is 0 Å². The van der Waals surface area contributed by atoms with Crippen molar-refractivity contribution in [3.63, 3.8) is 0 Å². The Bertz CT molecular complexity index is 1520.